The molecule has 0 radical (unpaired) electrons. The molecule has 0 atom stereocenters. The average Bonchev–Trinajstić information content (AvgIpc) is 2.89. The maximum atomic E-state index is 13.2. The molecule has 37 heavy (non-hydrogen) atoms. The Morgan fingerprint density at radius 3 is 2.68 bits per heavy atom. The molecular weight excluding hydrogens is 531 g/mol. The number of nitrogens with zero attached hydrogens (tertiary/aromatic N) is 3. The summed E-state index contributed by atoms with van der Waals surface area (Å²) < 4.78 is 0. The minimum Gasteiger partial charge on any atom is -0.352 e. The second-order valence-electron chi connectivity index (χ2n) is 8.96. The molecule has 11 heteroatoms. The van der Waals surface area contributed by atoms with Gasteiger partial charge < -0.3 is 16.0 Å². The standard InChI is InChI=1S/C26H26Cl2N6O2S/c1-15(35)30-12-17-11-18(5-6-19(17)16-7-9-29-10-8-16)32-26-31-13-20-24(33-26)37-14-34(25(20)36)23-21(27)3-2-4-22(23)28/h2-6,11,13,16,29H,7-10,12,14H2,1H3,(H,30,35)(H,31,32,33). The van der Waals surface area contributed by atoms with Gasteiger partial charge in [0.15, 0.2) is 0 Å². The van der Waals surface area contributed by atoms with E-state index in [1.165, 1.54) is 30.4 Å². The van der Waals surface area contributed by atoms with E-state index in [-0.39, 0.29) is 11.8 Å². The Hall–Kier alpha value is -2.85. The molecule has 8 nitrogen and oxygen atoms in total. The SMILES string of the molecule is CC(=O)NCc1cc(Nc2ncc3c(n2)SCN(c2c(Cl)cccc2Cl)C3=O)ccc1C1CCNCC1. The van der Waals surface area contributed by atoms with Crippen LogP contribution in [0.2, 0.25) is 10.0 Å². The van der Waals surface area contributed by atoms with Crippen LogP contribution in [0.3, 0.4) is 0 Å². The lowest BCUT2D eigenvalue weighted by Gasteiger charge is -2.28. The van der Waals surface area contributed by atoms with Crippen molar-refractivity contribution >= 4 is 64.1 Å². The normalized spacial score (nSPS) is 15.9. The molecule has 3 heterocycles. The minimum absolute atomic E-state index is 0.0681. The lowest BCUT2D eigenvalue weighted by atomic mass is 9.87. The van der Waals surface area contributed by atoms with Gasteiger partial charge in [-0.1, -0.05) is 47.1 Å². The first-order valence-corrected chi connectivity index (χ1v) is 13.8. The predicted octanol–water partition coefficient (Wildman–Crippen LogP) is 5.34. The lowest BCUT2D eigenvalue weighted by molar-refractivity contribution is -0.119. The van der Waals surface area contributed by atoms with Gasteiger partial charge in [-0.25, -0.2) is 9.97 Å². The number of carbonyl (C=O) groups is 2. The minimum atomic E-state index is -0.251. The Morgan fingerprint density at radius 1 is 1.19 bits per heavy atom. The van der Waals surface area contributed by atoms with Crippen LogP contribution in [0.4, 0.5) is 17.3 Å². The zero-order chi connectivity index (χ0) is 25.9. The molecule has 2 aliphatic rings. The molecular formula is C26H26Cl2N6O2S. The number of rotatable bonds is 6. The molecule has 3 aromatic rings. The Bertz CT molecular complexity index is 1330. The molecule has 0 spiro atoms. The van der Waals surface area contributed by atoms with Gasteiger partial charge in [0.05, 0.1) is 27.2 Å². The first kappa shape index (κ1) is 25.8. The molecule has 192 valence electrons. The summed E-state index contributed by atoms with van der Waals surface area (Å²) >= 11 is 14.1. The van der Waals surface area contributed by atoms with Crippen LogP contribution in [0.15, 0.2) is 47.6 Å². The summed E-state index contributed by atoms with van der Waals surface area (Å²) in [7, 11) is 0. The molecule has 0 aliphatic carbocycles. The topological polar surface area (TPSA) is 99.2 Å². The Morgan fingerprint density at radius 2 is 1.95 bits per heavy atom. The van der Waals surface area contributed by atoms with Crippen molar-refractivity contribution < 1.29 is 9.59 Å². The van der Waals surface area contributed by atoms with Gasteiger partial charge in [-0.05, 0) is 67.2 Å². The smallest absolute Gasteiger partial charge is 0.263 e. The zero-order valence-electron chi connectivity index (χ0n) is 20.2. The highest BCUT2D eigenvalue weighted by Crippen LogP contribution is 2.39. The van der Waals surface area contributed by atoms with Crippen molar-refractivity contribution in [1.29, 1.82) is 0 Å². The number of hydrogen-bond acceptors (Lipinski definition) is 7. The van der Waals surface area contributed by atoms with Crippen LogP contribution in [0.25, 0.3) is 0 Å². The number of halogens is 2. The van der Waals surface area contributed by atoms with E-state index in [2.05, 4.69) is 32.0 Å². The molecule has 0 bridgehead atoms. The molecule has 2 aliphatic heterocycles. The van der Waals surface area contributed by atoms with Gasteiger partial charge in [-0.3, -0.25) is 14.5 Å². The van der Waals surface area contributed by atoms with Gasteiger partial charge in [0.25, 0.3) is 5.91 Å². The van der Waals surface area contributed by atoms with Crippen molar-refractivity contribution in [1.82, 2.24) is 20.6 Å². The molecule has 1 fully saturated rings. The van der Waals surface area contributed by atoms with Crippen LogP contribution in [0.1, 0.15) is 47.2 Å². The Balaban J connectivity index is 1.37. The molecule has 0 saturated carbocycles. The largest absolute Gasteiger partial charge is 0.352 e. The second-order valence-corrected chi connectivity index (χ2v) is 10.7. The number of piperidine rings is 1. The van der Waals surface area contributed by atoms with Crippen molar-refractivity contribution in [2.24, 2.45) is 0 Å². The number of anilines is 3. The van der Waals surface area contributed by atoms with Crippen LogP contribution >= 0.6 is 35.0 Å². The third kappa shape index (κ3) is 5.70. The summed E-state index contributed by atoms with van der Waals surface area (Å²) in [5, 5.41) is 11.0. The fourth-order valence-corrected chi connectivity index (χ4v) is 6.19. The summed E-state index contributed by atoms with van der Waals surface area (Å²) in [5.41, 5.74) is 4.02. The van der Waals surface area contributed by atoms with E-state index in [9.17, 15) is 9.59 Å². The van der Waals surface area contributed by atoms with Crippen molar-refractivity contribution in [2.45, 2.75) is 37.3 Å². The molecule has 1 saturated heterocycles. The van der Waals surface area contributed by atoms with E-state index in [0.717, 1.165) is 37.2 Å². The molecule has 2 aromatic carbocycles. The maximum Gasteiger partial charge on any atom is 0.263 e. The first-order valence-electron chi connectivity index (χ1n) is 12.0. The van der Waals surface area contributed by atoms with E-state index < -0.39 is 0 Å². The van der Waals surface area contributed by atoms with E-state index in [0.29, 0.717) is 50.6 Å². The van der Waals surface area contributed by atoms with Gasteiger partial charge in [0.2, 0.25) is 11.9 Å². The third-order valence-electron chi connectivity index (χ3n) is 6.47. The van der Waals surface area contributed by atoms with Crippen LogP contribution in [0.5, 0.6) is 0 Å². The highest BCUT2D eigenvalue weighted by atomic mass is 35.5. The first-order chi connectivity index (χ1) is 17.9. The quantitative estimate of drug-likeness (QED) is 0.352. The van der Waals surface area contributed by atoms with Gasteiger partial charge in [-0.2, -0.15) is 0 Å². The van der Waals surface area contributed by atoms with Crippen molar-refractivity contribution in [2.75, 3.05) is 29.2 Å². The van der Waals surface area contributed by atoms with Crippen LogP contribution in [-0.4, -0.2) is 40.7 Å². The monoisotopic (exact) mass is 556 g/mol. The Kier molecular flexibility index (Phi) is 7.85. The fourth-order valence-electron chi connectivity index (χ4n) is 4.64. The van der Waals surface area contributed by atoms with Crippen molar-refractivity contribution in [3.63, 3.8) is 0 Å². The van der Waals surface area contributed by atoms with E-state index in [1.54, 1.807) is 23.1 Å². The maximum absolute atomic E-state index is 13.2. The number of nitrogens with one attached hydrogen (secondary N) is 3. The van der Waals surface area contributed by atoms with Gasteiger partial charge >= 0.3 is 0 Å². The van der Waals surface area contributed by atoms with Gasteiger partial charge in [-0.15, -0.1) is 0 Å². The highest BCUT2D eigenvalue weighted by molar-refractivity contribution is 7.99. The summed E-state index contributed by atoms with van der Waals surface area (Å²) in [6.45, 7) is 3.96. The number of para-hydroxylation sites is 1. The summed E-state index contributed by atoms with van der Waals surface area (Å²) in [4.78, 5) is 35.3. The van der Waals surface area contributed by atoms with E-state index >= 15 is 0 Å². The van der Waals surface area contributed by atoms with Gasteiger partial charge in [0.1, 0.15) is 5.03 Å². The highest BCUT2D eigenvalue weighted by Gasteiger charge is 2.30. The number of benzene rings is 2. The van der Waals surface area contributed by atoms with Crippen molar-refractivity contribution in [3.8, 4) is 0 Å². The number of carbonyl (C=O) groups excluding carboxylic acids is 2. The van der Waals surface area contributed by atoms with E-state index in [4.69, 9.17) is 23.2 Å². The summed E-state index contributed by atoms with van der Waals surface area (Å²) in [5.74, 6) is 0.859. The number of fused-ring (bicyclic) bond motifs is 1. The lowest BCUT2D eigenvalue weighted by Crippen LogP contribution is -2.35. The average molecular weight is 558 g/mol. The molecule has 3 N–H and O–H groups in total. The van der Waals surface area contributed by atoms with Crippen molar-refractivity contribution in [3.05, 3.63) is 69.3 Å². The predicted molar refractivity (Wildman–Crippen MR) is 148 cm³/mol. The molecule has 0 unspecified atom stereocenters. The fraction of sp³-hybridized carbons (Fsp3) is 0.308. The second kappa shape index (κ2) is 11.3. The van der Waals surface area contributed by atoms with Gasteiger partial charge in [0, 0.05) is 25.4 Å². The number of hydrogen-bond donors (Lipinski definition) is 3. The van der Waals surface area contributed by atoms with Crippen LogP contribution in [-0.2, 0) is 11.3 Å². The third-order valence-corrected chi connectivity index (χ3v) is 8.05. The van der Waals surface area contributed by atoms with Crippen LogP contribution in [0, 0.1) is 0 Å². The summed E-state index contributed by atoms with van der Waals surface area (Å²) in [6.07, 6.45) is 3.66. The van der Waals surface area contributed by atoms with E-state index in [1.807, 2.05) is 12.1 Å². The molecule has 5 rings (SSSR count). The van der Waals surface area contributed by atoms with Crippen LogP contribution < -0.4 is 20.9 Å². The zero-order valence-corrected chi connectivity index (χ0v) is 22.5. The number of amides is 2. The summed E-state index contributed by atoms with van der Waals surface area (Å²) in [6, 6.07) is 11.3. The number of aromatic nitrogens is 2. The Labute approximate surface area is 229 Å². The molecule has 2 amide bonds. The molecule has 1 aromatic heterocycles. The number of thioether (sulfide) groups is 1.